The van der Waals surface area contributed by atoms with Crippen LogP contribution in [0.1, 0.15) is 27.5 Å². The minimum Gasteiger partial charge on any atom is -0.475 e. The fourth-order valence-corrected chi connectivity index (χ4v) is 1.67. The number of rotatable bonds is 3. The molecule has 8 heteroatoms. The Hall–Kier alpha value is -2.64. The van der Waals surface area contributed by atoms with Gasteiger partial charge in [0.1, 0.15) is 6.04 Å². The number of carbonyl (C=O) groups is 4. The van der Waals surface area contributed by atoms with Gasteiger partial charge in [-0.2, -0.15) is 0 Å². The van der Waals surface area contributed by atoms with Crippen LogP contribution in [-0.4, -0.2) is 46.8 Å². The Morgan fingerprint density at radius 2 is 2.00 bits per heavy atom. The molecule has 19 heavy (non-hydrogen) atoms. The molecule has 1 aliphatic heterocycles. The van der Waals surface area contributed by atoms with Crippen LogP contribution in [0.2, 0.25) is 0 Å². The second-order valence-electron chi connectivity index (χ2n) is 3.99. The molecule has 0 aliphatic carbocycles. The van der Waals surface area contributed by atoms with E-state index in [0.717, 1.165) is 11.0 Å². The van der Waals surface area contributed by atoms with Gasteiger partial charge in [-0.25, -0.2) is 4.79 Å². The summed E-state index contributed by atoms with van der Waals surface area (Å²) in [7, 11) is 1.33. The number of nitrogens with zero attached hydrogens (tertiary/aromatic N) is 1. The molecule has 2 N–H and O–H groups in total. The maximum Gasteiger partial charge on any atom is 0.371 e. The molecule has 1 saturated heterocycles. The van der Waals surface area contributed by atoms with Crippen molar-refractivity contribution >= 4 is 23.7 Å². The van der Waals surface area contributed by atoms with E-state index in [2.05, 4.69) is 5.32 Å². The second-order valence-corrected chi connectivity index (χ2v) is 3.99. The van der Waals surface area contributed by atoms with Crippen LogP contribution in [0.5, 0.6) is 0 Å². The van der Waals surface area contributed by atoms with Gasteiger partial charge >= 0.3 is 5.97 Å². The van der Waals surface area contributed by atoms with Crippen molar-refractivity contribution in [3.8, 4) is 0 Å². The van der Waals surface area contributed by atoms with Gasteiger partial charge in [0.25, 0.3) is 11.8 Å². The lowest BCUT2D eigenvalue weighted by atomic mass is 10.2. The van der Waals surface area contributed by atoms with Crippen molar-refractivity contribution in [2.75, 3.05) is 7.05 Å². The number of nitrogens with one attached hydrogen (secondary N) is 1. The third-order valence-electron chi connectivity index (χ3n) is 2.73. The van der Waals surface area contributed by atoms with Crippen LogP contribution < -0.4 is 5.32 Å². The molecule has 0 aromatic carbocycles. The van der Waals surface area contributed by atoms with Gasteiger partial charge in [0, 0.05) is 7.05 Å². The molecule has 1 aromatic rings. The zero-order valence-electron chi connectivity index (χ0n) is 9.87. The maximum absolute atomic E-state index is 11.7. The van der Waals surface area contributed by atoms with Crippen molar-refractivity contribution in [3.05, 3.63) is 23.7 Å². The Balaban J connectivity index is 2.07. The van der Waals surface area contributed by atoms with Crippen molar-refractivity contribution in [1.82, 2.24) is 10.2 Å². The quantitative estimate of drug-likeness (QED) is 0.710. The average Bonchev–Trinajstić information content (AvgIpc) is 2.92. The molecular weight excluding hydrogens is 256 g/mol. The standard InChI is InChI=1S/C11H10N2O6/c1-13-8(14)4-5(10(13)16)12-9(15)6-2-3-7(19-6)11(17)18/h2-3,5H,4H2,1H3,(H,12,15)(H,17,18). The van der Waals surface area contributed by atoms with E-state index in [1.54, 1.807) is 0 Å². The number of hydrogen-bond donors (Lipinski definition) is 2. The molecule has 3 amide bonds. The summed E-state index contributed by atoms with van der Waals surface area (Å²) in [6.07, 6.45) is -0.117. The van der Waals surface area contributed by atoms with E-state index < -0.39 is 23.8 Å². The molecule has 2 rings (SSSR count). The number of carboxylic acids is 1. The number of likely N-dealkylation sites (N-methyl/N-ethyl adjacent to an activating group) is 1. The van der Waals surface area contributed by atoms with E-state index in [-0.39, 0.29) is 23.8 Å². The van der Waals surface area contributed by atoms with Gasteiger partial charge in [0.2, 0.25) is 11.7 Å². The van der Waals surface area contributed by atoms with Crippen LogP contribution in [-0.2, 0) is 9.59 Å². The van der Waals surface area contributed by atoms with Gasteiger partial charge in [-0.15, -0.1) is 0 Å². The predicted octanol–water partition coefficient (Wildman–Crippen LogP) is -0.535. The fourth-order valence-electron chi connectivity index (χ4n) is 1.67. The largest absolute Gasteiger partial charge is 0.475 e. The van der Waals surface area contributed by atoms with Crippen LogP contribution in [0.4, 0.5) is 0 Å². The number of amides is 3. The molecule has 0 radical (unpaired) electrons. The average molecular weight is 266 g/mol. The number of likely N-dealkylation sites (tertiary alicyclic amines) is 1. The van der Waals surface area contributed by atoms with Crippen molar-refractivity contribution in [1.29, 1.82) is 0 Å². The fraction of sp³-hybridized carbons (Fsp3) is 0.273. The van der Waals surface area contributed by atoms with Crippen molar-refractivity contribution in [2.24, 2.45) is 0 Å². The Labute approximate surface area is 107 Å². The number of carbonyl (C=O) groups excluding carboxylic acids is 3. The summed E-state index contributed by atoms with van der Waals surface area (Å²) in [6, 6.07) is 1.37. The molecule has 1 aromatic heterocycles. The van der Waals surface area contributed by atoms with Crippen molar-refractivity contribution in [3.63, 3.8) is 0 Å². The zero-order chi connectivity index (χ0) is 14.2. The highest BCUT2D eigenvalue weighted by Crippen LogP contribution is 2.13. The van der Waals surface area contributed by atoms with Crippen LogP contribution in [0, 0.1) is 0 Å². The zero-order valence-corrected chi connectivity index (χ0v) is 9.87. The molecular formula is C11H10N2O6. The smallest absolute Gasteiger partial charge is 0.371 e. The first-order chi connectivity index (χ1) is 8.90. The monoisotopic (exact) mass is 266 g/mol. The first-order valence-electron chi connectivity index (χ1n) is 5.34. The van der Waals surface area contributed by atoms with Gasteiger partial charge in [0.15, 0.2) is 5.76 Å². The summed E-state index contributed by atoms with van der Waals surface area (Å²) < 4.78 is 4.78. The van der Waals surface area contributed by atoms with E-state index in [1.807, 2.05) is 0 Å². The minimum absolute atomic E-state index is 0.117. The summed E-state index contributed by atoms with van der Waals surface area (Å²) in [6.45, 7) is 0. The topological polar surface area (TPSA) is 117 Å². The van der Waals surface area contributed by atoms with Gasteiger partial charge in [-0.05, 0) is 12.1 Å². The molecule has 0 spiro atoms. The lowest BCUT2D eigenvalue weighted by Gasteiger charge is -2.09. The van der Waals surface area contributed by atoms with Crippen molar-refractivity contribution in [2.45, 2.75) is 12.5 Å². The summed E-state index contributed by atoms with van der Waals surface area (Å²) in [5.41, 5.74) is 0. The van der Waals surface area contributed by atoms with E-state index in [0.29, 0.717) is 0 Å². The summed E-state index contributed by atoms with van der Waals surface area (Å²) in [5.74, 6) is -3.55. The normalized spacial score (nSPS) is 18.8. The number of hydrogen-bond acceptors (Lipinski definition) is 5. The number of carboxylic acid groups (broad SMARTS) is 1. The minimum atomic E-state index is -1.30. The summed E-state index contributed by atoms with van der Waals surface area (Å²) in [4.78, 5) is 46.1. The molecule has 2 heterocycles. The third-order valence-corrected chi connectivity index (χ3v) is 2.73. The summed E-state index contributed by atoms with van der Waals surface area (Å²) in [5, 5.41) is 11.0. The first kappa shape index (κ1) is 12.8. The molecule has 8 nitrogen and oxygen atoms in total. The van der Waals surface area contributed by atoms with E-state index in [1.165, 1.54) is 13.1 Å². The summed E-state index contributed by atoms with van der Waals surface area (Å²) >= 11 is 0. The highest BCUT2D eigenvalue weighted by molar-refractivity contribution is 6.07. The molecule has 1 fully saturated rings. The Bertz CT molecular complexity index is 575. The lowest BCUT2D eigenvalue weighted by Crippen LogP contribution is -2.40. The van der Waals surface area contributed by atoms with Crippen LogP contribution >= 0.6 is 0 Å². The molecule has 0 saturated carbocycles. The van der Waals surface area contributed by atoms with Crippen LogP contribution in [0.3, 0.4) is 0 Å². The van der Waals surface area contributed by atoms with E-state index in [4.69, 9.17) is 9.52 Å². The Kier molecular flexibility index (Phi) is 3.07. The Morgan fingerprint density at radius 3 is 2.47 bits per heavy atom. The van der Waals surface area contributed by atoms with Crippen LogP contribution in [0.15, 0.2) is 16.5 Å². The molecule has 1 unspecified atom stereocenters. The molecule has 1 atom stereocenters. The highest BCUT2D eigenvalue weighted by Gasteiger charge is 2.37. The SMILES string of the molecule is CN1C(=O)CC(NC(=O)c2ccc(C(=O)O)o2)C1=O. The molecule has 100 valence electrons. The van der Waals surface area contributed by atoms with Crippen molar-refractivity contribution < 1.29 is 28.7 Å². The van der Waals surface area contributed by atoms with Gasteiger partial charge in [-0.3, -0.25) is 19.3 Å². The number of furan rings is 1. The molecule has 1 aliphatic rings. The van der Waals surface area contributed by atoms with Gasteiger partial charge < -0.3 is 14.8 Å². The van der Waals surface area contributed by atoms with Gasteiger partial charge in [-0.1, -0.05) is 0 Å². The van der Waals surface area contributed by atoms with E-state index in [9.17, 15) is 19.2 Å². The maximum atomic E-state index is 11.7. The number of aromatic carboxylic acids is 1. The second kappa shape index (κ2) is 4.56. The Morgan fingerprint density at radius 1 is 1.37 bits per heavy atom. The van der Waals surface area contributed by atoms with E-state index >= 15 is 0 Å². The van der Waals surface area contributed by atoms with Gasteiger partial charge in [0.05, 0.1) is 6.42 Å². The first-order valence-corrected chi connectivity index (χ1v) is 5.34. The van der Waals surface area contributed by atoms with Crippen LogP contribution in [0.25, 0.3) is 0 Å². The molecule has 0 bridgehead atoms. The predicted molar refractivity (Wildman–Crippen MR) is 59.3 cm³/mol. The number of imide groups is 1. The third kappa shape index (κ3) is 2.32. The lowest BCUT2D eigenvalue weighted by molar-refractivity contribution is -0.137. The highest BCUT2D eigenvalue weighted by atomic mass is 16.4.